The molecular weight excluding hydrogens is 276 g/mol. The van der Waals surface area contributed by atoms with Crippen LogP contribution in [0, 0.1) is 0 Å². The fraction of sp³-hybridized carbons (Fsp3) is 0.615. The number of nitrogens with zero attached hydrogens (tertiary/aromatic N) is 2. The van der Waals surface area contributed by atoms with Gasteiger partial charge in [-0.2, -0.15) is 9.40 Å². The lowest BCUT2D eigenvalue weighted by Gasteiger charge is -2.33. The van der Waals surface area contributed by atoms with Gasteiger partial charge in [0, 0.05) is 24.2 Å². The normalized spacial score (nSPS) is 12.8. The van der Waals surface area contributed by atoms with Gasteiger partial charge >= 0.3 is 0 Å². The molecule has 0 saturated heterocycles. The van der Waals surface area contributed by atoms with E-state index in [-0.39, 0.29) is 11.6 Å². The lowest BCUT2D eigenvalue weighted by atomic mass is 10.1. The molecule has 0 aliphatic rings. The maximum atomic E-state index is 12.8. The highest BCUT2D eigenvalue weighted by Gasteiger charge is 2.35. The molecule has 1 rings (SSSR count). The summed E-state index contributed by atoms with van der Waals surface area (Å²) in [6.07, 6.45) is 3.13. The minimum Gasteiger partial charge on any atom is -0.313 e. The molecule has 0 saturated carbocycles. The Morgan fingerprint density at radius 1 is 1.50 bits per heavy atom. The third kappa shape index (κ3) is 3.68. The lowest BCUT2D eigenvalue weighted by Crippen LogP contribution is -2.46. The Morgan fingerprint density at radius 3 is 2.65 bits per heavy atom. The third-order valence-corrected chi connectivity index (χ3v) is 4.98. The Bertz CT molecular complexity index is 543. The molecule has 0 aliphatic carbocycles. The average molecular weight is 300 g/mol. The molecule has 0 bridgehead atoms. The average Bonchev–Trinajstić information content (AvgIpc) is 2.80. The first-order valence-electron chi connectivity index (χ1n) is 6.61. The SMILES string of the molecule is C=CCN(C(C)(C)C)S(=O)(=O)c1[nH]ncc1CNCC. The first-order valence-corrected chi connectivity index (χ1v) is 8.05. The molecule has 1 aromatic heterocycles. The minimum atomic E-state index is -3.63. The van der Waals surface area contributed by atoms with E-state index in [2.05, 4.69) is 22.1 Å². The van der Waals surface area contributed by atoms with E-state index in [9.17, 15) is 8.42 Å². The molecule has 1 heterocycles. The molecule has 114 valence electrons. The van der Waals surface area contributed by atoms with Gasteiger partial charge in [-0.1, -0.05) is 13.0 Å². The van der Waals surface area contributed by atoms with Crippen LogP contribution in [-0.2, 0) is 16.6 Å². The number of nitrogens with one attached hydrogen (secondary N) is 2. The Labute approximate surface area is 121 Å². The summed E-state index contributed by atoms with van der Waals surface area (Å²) in [5, 5.41) is 9.74. The highest BCUT2D eigenvalue weighted by molar-refractivity contribution is 7.89. The Morgan fingerprint density at radius 2 is 2.15 bits per heavy atom. The fourth-order valence-corrected chi connectivity index (χ4v) is 3.74. The fourth-order valence-electron chi connectivity index (χ4n) is 1.87. The molecule has 0 spiro atoms. The van der Waals surface area contributed by atoms with Gasteiger partial charge in [0.05, 0.1) is 6.20 Å². The van der Waals surface area contributed by atoms with Crippen molar-refractivity contribution in [2.24, 2.45) is 0 Å². The van der Waals surface area contributed by atoms with Gasteiger partial charge in [-0.05, 0) is 27.3 Å². The molecule has 20 heavy (non-hydrogen) atoms. The minimum absolute atomic E-state index is 0.148. The zero-order chi connectivity index (χ0) is 15.4. The van der Waals surface area contributed by atoms with Crippen LogP contribution in [0.1, 0.15) is 33.3 Å². The van der Waals surface area contributed by atoms with Gasteiger partial charge in [0.1, 0.15) is 0 Å². The van der Waals surface area contributed by atoms with Gasteiger partial charge in [0.25, 0.3) is 10.0 Å². The van der Waals surface area contributed by atoms with E-state index in [1.807, 2.05) is 27.7 Å². The van der Waals surface area contributed by atoms with E-state index in [0.29, 0.717) is 12.1 Å². The van der Waals surface area contributed by atoms with Crippen molar-refractivity contribution in [3.8, 4) is 0 Å². The molecule has 2 N–H and O–H groups in total. The van der Waals surface area contributed by atoms with Crippen molar-refractivity contribution in [3.05, 3.63) is 24.4 Å². The van der Waals surface area contributed by atoms with Gasteiger partial charge < -0.3 is 5.32 Å². The smallest absolute Gasteiger partial charge is 0.261 e. The number of hydrogen-bond acceptors (Lipinski definition) is 4. The van der Waals surface area contributed by atoms with Gasteiger partial charge in [-0.25, -0.2) is 8.42 Å². The summed E-state index contributed by atoms with van der Waals surface area (Å²) in [5.41, 5.74) is 0.110. The maximum Gasteiger partial charge on any atom is 0.261 e. The summed E-state index contributed by atoms with van der Waals surface area (Å²) >= 11 is 0. The van der Waals surface area contributed by atoms with Crippen LogP contribution in [0.3, 0.4) is 0 Å². The van der Waals surface area contributed by atoms with Crippen LogP contribution in [0.5, 0.6) is 0 Å². The summed E-state index contributed by atoms with van der Waals surface area (Å²) < 4.78 is 27.0. The van der Waals surface area contributed by atoms with Gasteiger partial charge in [0.2, 0.25) is 0 Å². The summed E-state index contributed by atoms with van der Waals surface area (Å²) in [5.74, 6) is 0. The molecule has 6 nitrogen and oxygen atoms in total. The largest absolute Gasteiger partial charge is 0.313 e. The first kappa shape index (κ1) is 16.9. The van der Waals surface area contributed by atoms with Crippen LogP contribution in [0.15, 0.2) is 23.9 Å². The second kappa shape index (κ2) is 6.51. The quantitative estimate of drug-likeness (QED) is 0.748. The predicted molar refractivity (Wildman–Crippen MR) is 79.8 cm³/mol. The molecule has 0 radical (unpaired) electrons. The topological polar surface area (TPSA) is 78.1 Å². The van der Waals surface area contributed by atoms with Crippen LogP contribution in [0.2, 0.25) is 0 Å². The van der Waals surface area contributed by atoms with Crippen LogP contribution >= 0.6 is 0 Å². The molecule has 0 aromatic carbocycles. The van der Waals surface area contributed by atoms with E-state index >= 15 is 0 Å². The Hall–Kier alpha value is -1.18. The molecule has 0 unspecified atom stereocenters. The molecule has 0 amide bonds. The van der Waals surface area contributed by atoms with Crippen molar-refractivity contribution in [3.63, 3.8) is 0 Å². The summed E-state index contributed by atoms with van der Waals surface area (Å²) in [6.45, 7) is 12.7. The van der Waals surface area contributed by atoms with Crippen molar-refractivity contribution >= 4 is 10.0 Å². The molecule has 7 heteroatoms. The summed E-state index contributed by atoms with van der Waals surface area (Å²) in [4.78, 5) is 0. The predicted octanol–water partition coefficient (Wildman–Crippen LogP) is 1.49. The zero-order valence-electron chi connectivity index (χ0n) is 12.6. The highest BCUT2D eigenvalue weighted by Crippen LogP contribution is 2.25. The summed E-state index contributed by atoms with van der Waals surface area (Å²) in [7, 11) is -3.63. The van der Waals surface area contributed by atoms with Crippen molar-refractivity contribution in [1.29, 1.82) is 0 Å². The number of aromatic nitrogens is 2. The van der Waals surface area contributed by atoms with E-state index in [1.54, 1.807) is 12.3 Å². The Balaban J connectivity index is 3.20. The zero-order valence-corrected chi connectivity index (χ0v) is 13.4. The van der Waals surface area contributed by atoms with Gasteiger partial charge in [-0.15, -0.1) is 6.58 Å². The van der Waals surface area contributed by atoms with Gasteiger partial charge in [0.15, 0.2) is 5.03 Å². The van der Waals surface area contributed by atoms with Gasteiger partial charge in [-0.3, -0.25) is 5.10 Å². The molecule has 1 aromatic rings. The lowest BCUT2D eigenvalue weighted by molar-refractivity contribution is 0.269. The maximum absolute atomic E-state index is 12.8. The number of rotatable bonds is 7. The van der Waals surface area contributed by atoms with Crippen LogP contribution < -0.4 is 5.32 Å². The standard InChI is InChI=1S/C13H24N4O2S/c1-6-8-17(13(3,4)5)20(18,19)12-11(9-14-7-2)10-15-16-12/h6,10,14H,1,7-9H2,2-5H3,(H,15,16). The van der Waals surface area contributed by atoms with Crippen molar-refractivity contribution in [2.45, 2.75) is 44.8 Å². The second-order valence-electron chi connectivity index (χ2n) is 5.50. The van der Waals surface area contributed by atoms with Crippen molar-refractivity contribution < 1.29 is 8.42 Å². The van der Waals surface area contributed by atoms with Crippen molar-refractivity contribution in [2.75, 3.05) is 13.1 Å². The van der Waals surface area contributed by atoms with Crippen LogP contribution in [0.4, 0.5) is 0 Å². The summed E-state index contributed by atoms with van der Waals surface area (Å²) in [6, 6.07) is 0. The van der Waals surface area contributed by atoms with E-state index < -0.39 is 15.6 Å². The number of sulfonamides is 1. The molecule has 0 atom stereocenters. The van der Waals surface area contributed by atoms with E-state index in [1.165, 1.54) is 4.31 Å². The molecule has 0 aliphatic heterocycles. The van der Waals surface area contributed by atoms with Crippen LogP contribution in [0.25, 0.3) is 0 Å². The van der Waals surface area contributed by atoms with E-state index in [4.69, 9.17) is 0 Å². The highest BCUT2D eigenvalue weighted by atomic mass is 32.2. The van der Waals surface area contributed by atoms with E-state index in [0.717, 1.165) is 6.54 Å². The molecular formula is C13H24N4O2S. The second-order valence-corrected chi connectivity index (χ2v) is 7.30. The Kier molecular flexibility index (Phi) is 5.50. The van der Waals surface area contributed by atoms with Crippen molar-refractivity contribution in [1.82, 2.24) is 19.8 Å². The molecule has 0 fully saturated rings. The monoisotopic (exact) mass is 300 g/mol. The number of aromatic amines is 1. The third-order valence-electron chi connectivity index (χ3n) is 2.83. The first-order chi connectivity index (χ1) is 9.25. The van der Waals surface area contributed by atoms with Crippen LogP contribution in [-0.4, -0.2) is 41.5 Å². The number of H-pyrrole nitrogens is 1. The number of hydrogen-bond donors (Lipinski definition) is 2.